The molecular formula is C49H89O13P. The predicted octanol–water partition coefficient (Wildman–Crippen LogP) is 10.2. The molecule has 0 radical (unpaired) electrons. The number of hydrogen-bond acceptors (Lipinski definition) is 12. The third-order valence-electron chi connectivity index (χ3n) is 11.5. The van der Waals surface area contributed by atoms with Crippen molar-refractivity contribution in [2.75, 3.05) is 13.2 Å². The molecule has 13 nitrogen and oxygen atoms in total. The molecule has 0 aromatic heterocycles. The standard InChI is InChI=1S/C49H89O13P/c1-3-5-7-9-11-13-15-17-19-20-21-22-24-25-27-29-31-33-35-37-42(50)59-39-41(40-60-63(57,58)62-49-47(55)45(53)44(52)46(54)48(49)56)61-43(51)38-36-34-32-30-28-26-23-18-16-14-12-10-8-6-4-2/h11,13-14,16-17,19,41,44-49,52-56H,3-10,12,15,18,20-40H2,1-2H3,(H,57,58)/b13-11+,16-14+,19-17+/t41-,44?,45-,46?,47?,48?,49?/m0/s1. The molecule has 0 aromatic rings. The van der Waals surface area contributed by atoms with Gasteiger partial charge in [-0.1, -0.05) is 159 Å². The fourth-order valence-corrected chi connectivity index (χ4v) is 8.40. The maximum atomic E-state index is 12.8. The molecule has 368 valence electrons. The van der Waals surface area contributed by atoms with Crippen LogP contribution >= 0.6 is 7.82 Å². The minimum Gasteiger partial charge on any atom is -0.462 e. The molecule has 1 aliphatic rings. The first-order valence-electron chi connectivity index (χ1n) is 24.8. The van der Waals surface area contributed by atoms with Gasteiger partial charge in [-0.05, 0) is 70.6 Å². The van der Waals surface area contributed by atoms with Gasteiger partial charge in [-0.2, -0.15) is 0 Å². The van der Waals surface area contributed by atoms with Gasteiger partial charge in [-0.25, -0.2) is 4.57 Å². The van der Waals surface area contributed by atoms with Gasteiger partial charge in [0.1, 0.15) is 43.2 Å². The number of hydrogen-bond donors (Lipinski definition) is 6. The van der Waals surface area contributed by atoms with Crippen LogP contribution in [0.1, 0.15) is 206 Å². The summed E-state index contributed by atoms with van der Waals surface area (Å²) in [6.07, 6.45) is 31.9. The molecule has 0 amide bonds. The second-order valence-electron chi connectivity index (χ2n) is 17.3. The van der Waals surface area contributed by atoms with E-state index in [1.165, 1.54) is 89.9 Å². The van der Waals surface area contributed by atoms with E-state index >= 15 is 0 Å². The smallest absolute Gasteiger partial charge is 0.462 e. The van der Waals surface area contributed by atoms with Crippen LogP contribution in [-0.2, 0) is 32.7 Å². The molecule has 1 rings (SSSR count). The van der Waals surface area contributed by atoms with E-state index in [1.807, 2.05) is 0 Å². The number of ether oxygens (including phenoxy) is 2. The average molecular weight is 917 g/mol. The minimum absolute atomic E-state index is 0.0913. The summed E-state index contributed by atoms with van der Waals surface area (Å²) in [5.74, 6) is -1.11. The van der Waals surface area contributed by atoms with Crippen LogP contribution in [0.2, 0.25) is 0 Å². The zero-order valence-electron chi connectivity index (χ0n) is 39.1. The monoisotopic (exact) mass is 917 g/mol. The quantitative estimate of drug-likeness (QED) is 0.0146. The number of carbonyl (C=O) groups excluding carboxylic acids is 2. The summed E-state index contributed by atoms with van der Waals surface area (Å²) in [5.41, 5.74) is 0. The van der Waals surface area contributed by atoms with Crippen LogP contribution in [0, 0.1) is 0 Å². The molecular weight excluding hydrogens is 827 g/mol. The van der Waals surface area contributed by atoms with Crippen LogP contribution in [0.5, 0.6) is 0 Å². The number of esters is 2. The lowest BCUT2D eigenvalue weighted by Gasteiger charge is -2.41. The Morgan fingerprint density at radius 1 is 0.492 bits per heavy atom. The van der Waals surface area contributed by atoms with Crippen molar-refractivity contribution in [3.8, 4) is 0 Å². The van der Waals surface area contributed by atoms with Crippen molar-refractivity contribution >= 4 is 19.8 Å². The number of allylic oxidation sites excluding steroid dienone is 6. The maximum absolute atomic E-state index is 12.8. The molecule has 1 aliphatic carbocycles. The second kappa shape index (κ2) is 39.3. The van der Waals surface area contributed by atoms with Gasteiger partial charge in [-0.15, -0.1) is 0 Å². The average Bonchev–Trinajstić information content (AvgIpc) is 3.26. The largest absolute Gasteiger partial charge is 0.472 e. The minimum atomic E-state index is -5.12. The number of phosphoric acid groups is 1. The Hall–Kier alpha value is -1.93. The van der Waals surface area contributed by atoms with Crippen molar-refractivity contribution in [3.63, 3.8) is 0 Å². The van der Waals surface area contributed by atoms with Crippen molar-refractivity contribution in [1.82, 2.24) is 0 Å². The van der Waals surface area contributed by atoms with E-state index in [9.17, 15) is 44.6 Å². The number of unbranched alkanes of at least 4 members (excludes halogenated alkanes) is 23. The number of aliphatic hydroxyl groups is 5. The zero-order valence-corrected chi connectivity index (χ0v) is 40.0. The van der Waals surface area contributed by atoms with Gasteiger partial charge in [0.25, 0.3) is 0 Å². The van der Waals surface area contributed by atoms with Gasteiger partial charge in [-0.3, -0.25) is 18.6 Å². The fourth-order valence-electron chi connectivity index (χ4n) is 7.43. The Morgan fingerprint density at radius 3 is 1.33 bits per heavy atom. The van der Waals surface area contributed by atoms with E-state index < -0.39 is 75.7 Å². The highest BCUT2D eigenvalue weighted by molar-refractivity contribution is 7.47. The van der Waals surface area contributed by atoms with E-state index in [2.05, 4.69) is 50.3 Å². The van der Waals surface area contributed by atoms with Gasteiger partial charge < -0.3 is 39.9 Å². The molecule has 14 heteroatoms. The number of phosphoric ester groups is 1. The molecule has 0 bridgehead atoms. The van der Waals surface area contributed by atoms with Gasteiger partial charge in [0.2, 0.25) is 0 Å². The van der Waals surface area contributed by atoms with E-state index in [1.54, 1.807) is 0 Å². The maximum Gasteiger partial charge on any atom is 0.472 e. The molecule has 63 heavy (non-hydrogen) atoms. The van der Waals surface area contributed by atoms with Crippen molar-refractivity contribution in [2.24, 2.45) is 0 Å². The summed E-state index contributed by atoms with van der Waals surface area (Å²) in [7, 11) is -5.12. The highest BCUT2D eigenvalue weighted by Gasteiger charge is 2.51. The SMILES string of the molecule is CCCCC/C=C/C/C=C/CCCCCCCCCCCC(=O)OC[C@@H](COP(=O)(O)OC1C(O)C(O)C(O)[C@H](O)C1O)OC(=O)CCCCCCCCC/C=C/CCCCCC. The first-order chi connectivity index (χ1) is 30.4. The Bertz CT molecular complexity index is 1240. The number of carbonyl (C=O) groups is 2. The number of aliphatic hydroxyl groups excluding tert-OH is 5. The van der Waals surface area contributed by atoms with Crippen LogP contribution < -0.4 is 0 Å². The molecule has 6 N–H and O–H groups in total. The highest BCUT2D eigenvalue weighted by Crippen LogP contribution is 2.47. The summed E-state index contributed by atoms with van der Waals surface area (Å²) in [5, 5.41) is 50.2. The third kappa shape index (κ3) is 31.6. The second-order valence-corrected chi connectivity index (χ2v) is 18.7. The first-order valence-corrected chi connectivity index (χ1v) is 26.3. The molecule has 0 heterocycles. The van der Waals surface area contributed by atoms with Crippen molar-refractivity contribution in [2.45, 2.75) is 249 Å². The summed E-state index contributed by atoms with van der Waals surface area (Å²) >= 11 is 0. The fraction of sp³-hybridized carbons (Fsp3) is 0.837. The van der Waals surface area contributed by atoms with Crippen LogP contribution in [0.3, 0.4) is 0 Å². The summed E-state index contributed by atoms with van der Waals surface area (Å²) in [6, 6.07) is 0. The van der Waals surface area contributed by atoms with Gasteiger partial charge in [0.15, 0.2) is 6.10 Å². The molecule has 1 saturated carbocycles. The Kier molecular flexibility index (Phi) is 36.8. The van der Waals surface area contributed by atoms with Crippen LogP contribution in [0.15, 0.2) is 36.5 Å². The van der Waals surface area contributed by atoms with Gasteiger partial charge in [0.05, 0.1) is 6.61 Å². The summed E-state index contributed by atoms with van der Waals surface area (Å²) in [6.45, 7) is 3.27. The Morgan fingerprint density at radius 2 is 0.857 bits per heavy atom. The summed E-state index contributed by atoms with van der Waals surface area (Å²) < 4.78 is 33.6. The molecule has 0 saturated heterocycles. The molecule has 6 unspecified atom stereocenters. The Labute approximate surface area is 380 Å². The zero-order chi connectivity index (χ0) is 46.4. The lowest BCUT2D eigenvalue weighted by Crippen LogP contribution is -2.64. The van der Waals surface area contributed by atoms with Crippen LogP contribution in [-0.4, -0.2) is 98.3 Å². The third-order valence-corrected chi connectivity index (χ3v) is 12.4. The summed E-state index contributed by atoms with van der Waals surface area (Å²) in [4.78, 5) is 35.8. The topological polar surface area (TPSA) is 210 Å². The first kappa shape index (κ1) is 59.1. The Balaban J connectivity index is 2.41. The molecule has 0 aliphatic heterocycles. The van der Waals surface area contributed by atoms with E-state index in [4.69, 9.17) is 18.5 Å². The molecule has 0 aromatic carbocycles. The molecule has 1 fully saturated rings. The highest BCUT2D eigenvalue weighted by atomic mass is 31.2. The van der Waals surface area contributed by atoms with Gasteiger partial charge in [0, 0.05) is 12.8 Å². The number of rotatable bonds is 41. The van der Waals surface area contributed by atoms with E-state index in [-0.39, 0.29) is 12.8 Å². The predicted molar refractivity (Wildman–Crippen MR) is 249 cm³/mol. The van der Waals surface area contributed by atoms with Crippen molar-refractivity contribution in [3.05, 3.63) is 36.5 Å². The lowest BCUT2D eigenvalue weighted by atomic mass is 9.85. The lowest BCUT2D eigenvalue weighted by molar-refractivity contribution is -0.220. The van der Waals surface area contributed by atoms with Crippen LogP contribution in [0.25, 0.3) is 0 Å². The normalized spacial score (nSPS) is 22.0. The molecule has 8 atom stereocenters. The van der Waals surface area contributed by atoms with E-state index in [0.29, 0.717) is 12.8 Å². The van der Waals surface area contributed by atoms with Crippen LogP contribution in [0.4, 0.5) is 0 Å². The molecule has 0 spiro atoms. The van der Waals surface area contributed by atoms with Gasteiger partial charge >= 0.3 is 19.8 Å². The van der Waals surface area contributed by atoms with E-state index in [0.717, 1.165) is 77.0 Å². The van der Waals surface area contributed by atoms with Crippen molar-refractivity contribution < 1.29 is 63.1 Å². The van der Waals surface area contributed by atoms with Crippen molar-refractivity contribution in [1.29, 1.82) is 0 Å².